The molecule has 1 saturated heterocycles. The number of urea groups is 1. The lowest BCUT2D eigenvalue weighted by molar-refractivity contribution is 0.0947. The van der Waals surface area contributed by atoms with E-state index in [-0.39, 0.29) is 22.9 Å². The zero-order valence-corrected chi connectivity index (χ0v) is 21.6. The van der Waals surface area contributed by atoms with Gasteiger partial charge in [0.05, 0.1) is 22.9 Å². The van der Waals surface area contributed by atoms with E-state index in [4.69, 9.17) is 21.3 Å². The molecular formula is C28H30ClFN4O3. The van der Waals surface area contributed by atoms with Gasteiger partial charge in [0.15, 0.2) is 0 Å². The molecule has 1 aromatic heterocycles. The van der Waals surface area contributed by atoms with E-state index in [2.05, 4.69) is 10.6 Å². The topological polar surface area (TPSA) is 83.6 Å². The number of nitrogens with zero attached hydrogens (tertiary/aromatic N) is 2. The molecule has 1 aliphatic heterocycles. The minimum absolute atomic E-state index is 0.0423. The number of likely N-dealkylation sites (tertiary alicyclic amines) is 1. The lowest BCUT2D eigenvalue weighted by Gasteiger charge is -2.32. The van der Waals surface area contributed by atoms with Gasteiger partial charge in [0.1, 0.15) is 11.6 Å². The number of amides is 3. The number of halogens is 2. The van der Waals surface area contributed by atoms with Crippen LogP contribution in [0.1, 0.15) is 53.0 Å². The highest BCUT2D eigenvalue weighted by atomic mass is 35.5. The molecule has 0 atom stereocenters. The van der Waals surface area contributed by atoms with Crippen molar-refractivity contribution >= 4 is 29.2 Å². The Labute approximate surface area is 221 Å². The van der Waals surface area contributed by atoms with Gasteiger partial charge in [0.25, 0.3) is 5.91 Å². The van der Waals surface area contributed by atoms with Crippen LogP contribution in [0.2, 0.25) is 5.02 Å². The predicted octanol–water partition coefficient (Wildman–Crippen LogP) is 5.92. The third-order valence-electron chi connectivity index (χ3n) is 6.36. The fraction of sp³-hybridized carbons (Fsp3) is 0.321. The van der Waals surface area contributed by atoms with Crippen LogP contribution in [-0.4, -0.2) is 41.5 Å². The zero-order chi connectivity index (χ0) is 26.4. The fourth-order valence-corrected chi connectivity index (χ4v) is 4.61. The van der Waals surface area contributed by atoms with Crippen LogP contribution < -0.4 is 15.4 Å². The van der Waals surface area contributed by atoms with Crippen molar-refractivity contribution in [3.05, 3.63) is 88.0 Å². The third-order valence-corrected chi connectivity index (χ3v) is 6.65. The first kappa shape index (κ1) is 26.4. The summed E-state index contributed by atoms with van der Waals surface area (Å²) in [4.78, 5) is 32.3. The van der Waals surface area contributed by atoms with Crippen LogP contribution in [-0.2, 0) is 6.54 Å². The number of carbonyl (C=O) groups excluding carboxylic acids is 2. The molecule has 3 amide bonds. The van der Waals surface area contributed by atoms with Gasteiger partial charge in [-0.05, 0) is 63.1 Å². The quantitative estimate of drug-likeness (QED) is 0.401. The molecule has 194 valence electrons. The summed E-state index contributed by atoms with van der Waals surface area (Å²) < 4.78 is 19.1. The number of aromatic nitrogens is 1. The second-order valence-corrected chi connectivity index (χ2v) is 9.34. The Morgan fingerprint density at radius 1 is 1.14 bits per heavy atom. The second kappa shape index (κ2) is 12.1. The van der Waals surface area contributed by atoms with Crippen molar-refractivity contribution in [2.75, 3.05) is 25.0 Å². The molecule has 0 unspecified atom stereocenters. The highest BCUT2D eigenvalue weighted by molar-refractivity contribution is 6.31. The van der Waals surface area contributed by atoms with Gasteiger partial charge in [-0.1, -0.05) is 29.8 Å². The van der Waals surface area contributed by atoms with Crippen molar-refractivity contribution in [3.63, 3.8) is 0 Å². The maximum absolute atomic E-state index is 13.4. The fourth-order valence-electron chi connectivity index (χ4n) is 4.43. The van der Waals surface area contributed by atoms with Gasteiger partial charge in [-0.3, -0.25) is 9.78 Å². The normalized spacial score (nSPS) is 13.8. The number of aryl methyl sites for hydroxylation is 1. The number of piperidine rings is 1. The Morgan fingerprint density at radius 3 is 2.62 bits per heavy atom. The third kappa shape index (κ3) is 6.57. The first-order valence-corrected chi connectivity index (χ1v) is 12.7. The van der Waals surface area contributed by atoms with Crippen LogP contribution in [0.3, 0.4) is 0 Å². The largest absolute Gasteiger partial charge is 0.494 e. The molecule has 1 fully saturated rings. The number of anilines is 1. The maximum Gasteiger partial charge on any atom is 0.321 e. The van der Waals surface area contributed by atoms with Gasteiger partial charge < -0.3 is 20.3 Å². The van der Waals surface area contributed by atoms with Crippen molar-refractivity contribution in [2.24, 2.45) is 0 Å². The minimum atomic E-state index is -0.538. The summed E-state index contributed by atoms with van der Waals surface area (Å²) in [6.07, 6.45) is 1.34. The molecule has 3 aromatic rings. The first-order valence-electron chi connectivity index (χ1n) is 12.3. The number of benzene rings is 2. The molecule has 4 rings (SSSR count). The van der Waals surface area contributed by atoms with Crippen molar-refractivity contribution in [1.29, 1.82) is 0 Å². The molecule has 1 aliphatic rings. The zero-order valence-electron chi connectivity index (χ0n) is 20.9. The number of para-hydroxylation sites is 1. The van der Waals surface area contributed by atoms with Gasteiger partial charge >= 0.3 is 6.03 Å². The predicted molar refractivity (Wildman–Crippen MR) is 142 cm³/mol. The Hall–Kier alpha value is -3.65. The van der Waals surface area contributed by atoms with Gasteiger partial charge in [0.2, 0.25) is 0 Å². The van der Waals surface area contributed by atoms with Gasteiger partial charge in [-0.25, -0.2) is 9.18 Å². The van der Waals surface area contributed by atoms with Crippen molar-refractivity contribution in [3.8, 4) is 5.75 Å². The Balaban J connectivity index is 1.40. The molecule has 2 aromatic carbocycles. The standard InChI is InChI=1S/C28H30ClFN4O3/c1-3-37-25-7-5-4-6-20(25)17-31-27(35)22-10-8-18(2)32-26(22)19-12-14-34(15-13-19)28(36)33-21-9-11-24(30)23(29)16-21/h4-11,16,19H,3,12-15,17H2,1-2H3,(H,31,35)(H,33,36). The molecule has 0 spiro atoms. The van der Waals surface area contributed by atoms with Crippen LogP contribution in [0.4, 0.5) is 14.9 Å². The van der Waals surface area contributed by atoms with E-state index < -0.39 is 5.82 Å². The second-order valence-electron chi connectivity index (χ2n) is 8.93. The van der Waals surface area contributed by atoms with E-state index in [0.29, 0.717) is 50.3 Å². The summed E-state index contributed by atoms with van der Waals surface area (Å²) in [5.74, 6) is 0.0634. The number of rotatable bonds is 7. The molecular weight excluding hydrogens is 495 g/mol. The monoisotopic (exact) mass is 524 g/mol. The summed E-state index contributed by atoms with van der Waals surface area (Å²) in [5.41, 5.74) is 3.47. The van der Waals surface area contributed by atoms with Crippen LogP contribution >= 0.6 is 11.6 Å². The van der Waals surface area contributed by atoms with E-state index in [1.807, 2.05) is 50.2 Å². The molecule has 0 aliphatic carbocycles. The average molecular weight is 525 g/mol. The highest BCUT2D eigenvalue weighted by Gasteiger charge is 2.28. The van der Waals surface area contributed by atoms with Crippen LogP contribution in [0, 0.1) is 12.7 Å². The number of hydrogen-bond acceptors (Lipinski definition) is 4. The Kier molecular flexibility index (Phi) is 8.61. The van der Waals surface area contributed by atoms with Crippen molar-refractivity contribution in [1.82, 2.24) is 15.2 Å². The Morgan fingerprint density at radius 2 is 1.89 bits per heavy atom. The van der Waals surface area contributed by atoms with E-state index in [0.717, 1.165) is 22.7 Å². The summed E-state index contributed by atoms with van der Waals surface area (Å²) in [6.45, 7) is 5.72. The number of nitrogens with one attached hydrogen (secondary N) is 2. The summed E-state index contributed by atoms with van der Waals surface area (Å²) in [5, 5.41) is 5.72. The summed E-state index contributed by atoms with van der Waals surface area (Å²) in [7, 11) is 0. The first-order chi connectivity index (χ1) is 17.9. The number of hydrogen-bond donors (Lipinski definition) is 2. The summed E-state index contributed by atoms with van der Waals surface area (Å²) in [6, 6.07) is 15.1. The lowest BCUT2D eigenvalue weighted by atomic mass is 9.90. The molecule has 2 N–H and O–H groups in total. The molecule has 7 nitrogen and oxygen atoms in total. The molecule has 37 heavy (non-hydrogen) atoms. The average Bonchev–Trinajstić information content (AvgIpc) is 2.90. The number of ether oxygens (including phenoxy) is 1. The molecule has 0 saturated carbocycles. The van der Waals surface area contributed by atoms with Gasteiger partial charge in [0, 0.05) is 42.5 Å². The lowest BCUT2D eigenvalue weighted by Crippen LogP contribution is -2.41. The summed E-state index contributed by atoms with van der Waals surface area (Å²) >= 11 is 5.82. The van der Waals surface area contributed by atoms with Crippen molar-refractivity contribution < 1.29 is 18.7 Å². The highest BCUT2D eigenvalue weighted by Crippen LogP contribution is 2.30. The Bertz CT molecular complexity index is 1280. The van der Waals surface area contributed by atoms with E-state index in [1.54, 1.807) is 4.90 Å². The molecule has 0 radical (unpaired) electrons. The smallest absolute Gasteiger partial charge is 0.321 e. The number of carbonyl (C=O) groups is 2. The van der Waals surface area contributed by atoms with E-state index in [1.165, 1.54) is 18.2 Å². The van der Waals surface area contributed by atoms with Crippen LogP contribution in [0.25, 0.3) is 0 Å². The van der Waals surface area contributed by atoms with E-state index in [9.17, 15) is 14.0 Å². The molecule has 0 bridgehead atoms. The minimum Gasteiger partial charge on any atom is -0.494 e. The SMILES string of the molecule is CCOc1ccccc1CNC(=O)c1ccc(C)nc1C1CCN(C(=O)Nc2ccc(F)c(Cl)c2)CC1. The molecule has 9 heteroatoms. The number of pyridine rings is 1. The van der Waals surface area contributed by atoms with E-state index >= 15 is 0 Å². The maximum atomic E-state index is 13.4. The van der Waals surface area contributed by atoms with Gasteiger partial charge in [-0.15, -0.1) is 0 Å². The van der Waals surface area contributed by atoms with Gasteiger partial charge in [-0.2, -0.15) is 0 Å². The van der Waals surface area contributed by atoms with Crippen LogP contribution in [0.15, 0.2) is 54.6 Å². The molecule has 2 heterocycles. The van der Waals surface area contributed by atoms with Crippen LogP contribution in [0.5, 0.6) is 5.75 Å². The van der Waals surface area contributed by atoms with Crippen molar-refractivity contribution in [2.45, 2.75) is 39.2 Å².